The molecule has 0 saturated heterocycles. The quantitative estimate of drug-likeness (QED) is 0.389. The number of aromatic hydroxyl groups is 1. The van der Waals surface area contributed by atoms with Crippen LogP contribution in [-0.4, -0.2) is 18.2 Å². The summed E-state index contributed by atoms with van der Waals surface area (Å²) in [5.74, 6) is -0.0630. The number of rotatable bonds is 3. The van der Waals surface area contributed by atoms with Gasteiger partial charge in [-0.1, -0.05) is 48.5 Å². The number of para-hydroxylation sites is 1. The summed E-state index contributed by atoms with van der Waals surface area (Å²) in [7, 11) is 1.56. The lowest BCUT2D eigenvalue weighted by Gasteiger charge is -2.27. The van der Waals surface area contributed by atoms with Gasteiger partial charge in [0.15, 0.2) is 5.43 Å². The summed E-state index contributed by atoms with van der Waals surface area (Å²) in [6.45, 7) is 0. The van der Waals surface area contributed by atoms with Crippen molar-refractivity contribution < 1.29 is 23.8 Å². The van der Waals surface area contributed by atoms with Gasteiger partial charge in [-0.2, -0.15) is 0 Å². The molecule has 1 unspecified atom stereocenters. The highest BCUT2D eigenvalue weighted by molar-refractivity contribution is 5.93. The Morgan fingerprint density at radius 1 is 1.00 bits per heavy atom. The van der Waals surface area contributed by atoms with Crippen molar-refractivity contribution in [2.24, 2.45) is 0 Å². The highest BCUT2D eigenvalue weighted by atomic mass is 16.5. The van der Waals surface area contributed by atoms with Crippen molar-refractivity contribution in [1.29, 1.82) is 0 Å². The highest BCUT2D eigenvalue weighted by Crippen LogP contribution is 2.47. The second-order valence-corrected chi connectivity index (χ2v) is 7.33. The van der Waals surface area contributed by atoms with Gasteiger partial charge >= 0.3 is 5.97 Å². The molecule has 0 amide bonds. The number of carbonyl (C=O) groups is 1. The van der Waals surface area contributed by atoms with Crippen LogP contribution < -0.4 is 14.9 Å². The molecule has 1 aromatic heterocycles. The predicted octanol–water partition coefficient (Wildman–Crippen LogP) is 4.62. The maximum absolute atomic E-state index is 13.0. The van der Waals surface area contributed by atoms with E-state index in [2.05, 4.69) is 0 Å². The third kappa shape index (κ3) is 3.13. The van der Waals surface area contributed by atoms with Gasteiger partial charge in [0.25, 0.3) is 0 Å². The molecule has 2 heterocycles. The zero-order valence-corrected chi connectivity index (χ0v) is 16.6. The molecule has 154 valence electrons. The lowest BCUT2D eigenvalue weighted by Crippen LogP contribution is -2.22. The highest BCUT2D eigenvalue weighted by Gasteiger charge is 2.34. The van der Waals surface area contributed by atoms with Crippen molar-refractivity contribution in [3.63, 3.8) is 0 Å². The first-order chi connectivity index (χ1) is 15.1. The van der Waals surface area contributed by atoms with Crippen LogP contribution in [0.25, 0.3) is 22.3 Å². The van der Waals surface area contributed by atoms with Crippen LogP contribution in [0.4, 0.5) is 0 Å². The number of fused-ring (bicyclic) bond motifs is 3. The molecule has 0 spiro atoms. The fraction of sp³-hybridized carbons (Fsp3) is 0.120. The Hall–Kier alpha value is -4.06. The van der Waals surface area contributed by atoms with E-state index in [0.29, 0.717) is 17.1 Å². The molecule has 1 atom stereocenters. The first-order valence-corrected chi connectivity index (χ1v) is 9.79. The lowest BCUT2D eigenvalue weighted by molar-refractivity contribution is -0.135. The SMILES string of the molecule is COc1ccccc1C1CC(=O)Oc2cc(O)c3c(=O)cc(-c4ccccc4)oc3c21. The minimum Gasteiger partial charge on any atom is -0.507 e. The molecule has 0 radical (unpaired) electrons. The molecule has 0 fully saturated rings. The maximum atomic E-state index is 13.0. The molecule has 4 aromatic rings. The summed E-state index contributed by atoms with van der Waals surface area (Å²) < 4.78 is 17.1. The van der Waals surface area contributed by atoms with Crippen LogP contribution in [0.3, 0.4) is 0 Å². The lowest BCUT2D eigenvalue weighted by atomic mass is 9.84. The van der Waals surface area contributed by atoms with Crippen molar-refractivity contribution in [2.75, 3.05) is 7.11 Å². The average molecular weight is 414 g/mol. The fourth-order valence-electron chi connectivity index (χ4n) is 4.12. The second-order valence-electron chi connectivity index (χ2n) is 7.33. The van der Waals surface area contributed by atoms with Gasteiger partial charge in [-0.25, -0.2) is 0 Å². The standard InChI is InChI=1S/C25H18O6/c1-29-19-10-6-5-9-15(19)16-11-22(28)30-21-13-18(27)24-17(26)12-20(31-25(24)23(16)21)14-7-3-2-4-8-14/h2-10,12-13,16,27H,11H2,1H3. The zero-order valence-electron chi connectivity index (χ0n) is 16.6. The number of ether oxygens (including phenoxy) is 2. The number of hydrogen-bond donors (Lipinski definition) is 1. The van der Waals surface area contributed by atoms with Crippen LogP contribution in [0.5, 0.6) is 17.2 Å². The molecule has 0 aliphatic carbocycles. The van der Waals surface area contributed by atoms with Gasteiger partial charge in [-0.05, 0) is 6.07 Å². The number of hydrogen-bond acceptors (Lipinski definition) is 6. The van der Waals surface area contributed by atoms with Gasteiger partial charge in [0, 0.05) is 34.7 Å². The number of benzene rings is 3. The van der Waals surface area contributed by atoms with E-state index in [1.807, 2.05) is 54.6 Å². The Bertz CT molecular complexity index is 1370. The monoisotopic (exact) mass is 414 g/mol. The summed E-state index contributed by atoms with van der Waals surface area (Å²) in [5, 5.41) is 10.6. The van der Waals surface area contributed by atoms with Crippen LogP contribution in [0.1, 0.15) is 23.5 Å². The minimum atomic E-state index is -0.468. The molecule has 6 heteroatoms. The first kappa shape index (κ1) is 18.9. The summed E-state index contributed by atoms with van der Waals surface area (Å²) in [5.41, 5.74) is 1.84. The summed E-state index contributed by atoms with van der Waals surface area (Å²) in [6.07, 6.45) is 0.0481. The number of esters is 1. The number of carbonyl (C=O) groups excluding carboxylic acids is 1. The summed E-state index contributed by atoms with van der Waals surface area (Å²) in [6, 6.07) is 19.2. The van der Waals surface area contributed by atoms with Crippen LogP contribution >= 0.6 is 0 Å². The molecule has 31 heavy (non-hydrogen) atoms. The fourth-order valence-corrected chi connectivity index (χ4v) is 4.12. The molecule has 1 aliphatic heterocycles. The van der Waals surface area contributed by atoms with Crippen molar-refractivity contribution >= 4 is 16.9 Å². The van der Waals surface area contributed by atoms with Crippen LogP contribution in [0, 0.1) is 0 Å². The van der Waals surface area contributed by atoms with Gasteiger partial charge < -0.3 is 19.0 Å². The van der Waals surface area contributed by atoms with E-state index in [-0.39, 0.29) is 34.3 Å². The Morgan fingerprint density at radius 2 is 1.74 bits per heavy atom. The predicted molar refractivity (Wildman–Crippen MR) is 115 cm³/mol. The molecular formula is C25H18O6. The summed E-state index contributed by atoms with van der Waals surface area (Å²) in [4.78, 5) is 25.3. The van der Waals surface area contributed by atoms with E-state index >= 15 is 0 Å². The van der Waals surface area contributed by atoms with Crippen molar-refractivity contribution in [2.45, 2.75) is 12.3 Å². The molecule has 0 saturated carbocycles. The molecule has 1 N–H and O–H groups in total. The molecule has 5 rings (SSSR count). The average Bonchev–Trinajstić information content (AvgIpc) is 2.78. The largest absolute Gasteiger partial charge is 0.507 e. The normalized spacial score (nSPS) is 15.4. The van der Waals surface area contributed by atoms with Gasteiger partial charge in [0.2, 0.25) is 0 Å². The zero-order chi connectivity index (χ0) is 21.5. The van der Waals surface area contributed by atoms with Crippen molar-refractivity contribution in [3.8, 4) is 28.6 Å². The van der Waals surface area contributed by atoms with E-state index in [1.165, 1.54) is 12.1 Å². The van der Waals surface area contributed by atoms with E-state index < -0.39 is 11.9 Å². The third-order valence-electron chi connectivity index (χ3n) is 5.50. The van der Waals surface area contributed by atoms with Gasteiger partial charge in [-0.15, -0.1) is 0 Å². The maximum Gasteiger partial charge on any atom is 0.312 e. The third-order valence-corrected chi connectivity index (χ3v) is 5.50. The number of methoxy groups -OCH3 is 1. The van der Waals surface area contributed by atoms with Crippen LogP contribution in [-0.2, 0) is 4.79 Å². The smallest absolute Gasteiger partial charge is 0.312 e. The van der Waals surface area contributed by atoms with E-state index in [0.717, 1.165) is 11.1 Å². The number of phenolic OH excluding ortho intramolecular Hbond substituents is 1. The Kier molecular flexibility index (Phi) is 4.47. The Labute approximate surface area is 177 Å². The van der Waals surface area contributed by atoms with Crippen LogP contribution in [0.2, 0.25) is 0 Å². The molecular weight excluding hydrogens is 396 g/mol. The first-order valence-electron chi connectivity index (χ1n) is 9.79. The molecule has 6 nitrogen and oxygen atoms in total. The number of phenols is 1. The van der Waals surface area contributed by atoms with E-state index in [9.17, 15) is 14.7 Å². The molecule has 3 aromatic carbocycles. The van der Waals surface area contributed by atoms with Crippen molar-refractivity contribution in [1.82, 2.24) is 0 Å². The minimum absolute atomic E-state index is 0.0481. The molecule has 1 aliphatic rings. The van der Waals surface area contributed by atoms with Gasteiger partial charge in [0.05, 0.1) is 13.5 Å². The second kappa shape index (κ2) is 7.32. The van der Waals surface area contributed by atoms with E-state index in [1.54, 1.807) is 7.11 Å². The van der Waals surface area contributed by atoms with Crippen LogP contribution in [0.15, 0.2) is 75.9 Å². The van der Waals surface area contributed by atoms with E-state index in [4.69, 9.17) is 13.9 Å². The van der Waals surface area contributed by atoms with Crippen molar-refractivity contribution in [3.05, 3.63) is 88.1 Å². The Balaban J connectivity index is 1.85. The van der Waals surface area contributed by atoms with Gasteiger partial charge in [0.1, 0.15) is 34.0 Å². The summed E-state index contributed by atoms with van der Waals surface area (Å²) >= 11 is 0. The Morgan fingerprint density at radius 3 is 2.52 bits per heavy atom. The topological polar surface area (TPSA) is 86.0 Å². The molecule has 0 bridgehead atoms. The van der Waals surface area contributed by atoms with Gasteiger partial charge in [-0.3, -0.25) is 9.59 Å².